The van der Waals surface area contributed by atoms with E-state index in [1.807, 2.05) is 53.4 Å². The molecule has 0 saturated carbocycles. The molecule has 1 saturated heterocycles. The summed E-state index contributed by atoms with van der Waals surface area (Å²) in [6, 6.07) is 15.7. The Kier molecular flexibility index (Phi) is 6.14. The molecule has 2 N–H and O–H groups in total. The third-order valence-corrected chi connectivity index (χ3v) is 5.32. The van der Waals surface area contributed by atoms with E-state index >= 15 is 0 Å². The molecule has 1 atom stereocenters. The summed E-state index contributed by atoms with van der Waals surface area (Å²) in [5.41, 5.74) is 1.04. The van der Waals surface area contributed by atoms with Gasteiger partial charge in [-0.25, -0.2) is 0 Å². The van der Waals surface area contributed by atoms with Gasteiger partial charge in [-0.3, -0.25) is 5.41 Å². The van der Waals surface area contributed by atoms with Crippen molar-refractivity contribution in [1.82, 2.24) is 10.2 Å². The number of benzene rings is 2. The van der Waals surface area contributed by atoms with Crippen LogP contribution >= 0.6 is 28.1 Å². The summed E-state index contributed by atoms with van der Waals surface area (Å²) in [6.45, 7) is 2.98. The van der Waals surface area contributed by atoms with E-state index in [1.165, 1.54) is 0 Å². The second-order valence-electron chi connectivity index (χ2n) is 6.27. The Labute approximate surface area is 173 Å². The minimum absolute atomic E-state index is 0.193. The van der Waals surface area contributed by atoms with E-state index in [9.17, 15) is 0 Å². The summed E-state index contributed by atoms with van der Waals surface area (Å²) in [7, 11) is 1.59. The zero-order valence-corrected chi connectivity index (χ0v) is 17.7. The SMILES string of the molecule is CCCN1C(=N)C(c2ccc(OCOC)cc2)(c2cccc(Br)c2)NC1=S. The minimum atomic E-state index is -0.837. The van der Waals surface area contributed by atoms with E-state index in [1.54, 1.807) is 7.11 Å². The molecule has 142 valence electrons. The fourth-order valence-electron chi connectivity index (χ4n) is 3.26. The van der Waals surface area contributed by atoms with Crippen LogP contribution in [0.5, 0.6) is 5.75 Å². The molecule has 1 fully saturated rings. The molecule has 1 aliphatic heterocycles. The maximum Gasteiger partial charge on any atom is 0.188 e. The molecule has 0 amide bonds. The first-order valence-corrected chi connectivity index (χ1v) is 9.90. The predicted molar refractivity (Wildman–Crippen MR) is 114 cm³/mol. The van der Waals surface area contributed by atoms with Crippen molar-refractivity contribution in [1.29, 1.82) is 5.41 Å². The van der Waals surface area contributed by atoms with Crippen LogP contribution in [0.25, 0.3) is 0 Å². The largest absolute Gasteiger partial charge is 0.468 e. The van der Waals surface area contributed by atoms with Crippen LogP contribution in [-0.2, 0) is 10.3 Å². The molecule has 0 bridgehead atoms. The Morgan fingerprint density at radius 3 is 2.56 bits per heavy atom. The summed E-state index contributed by atoms with van der Waals surface area (Å²) in [4.78, 5) is 1.87. The predicted octanol–water partition coefficient (Wildman–Crippen LogP) is 4.25. The number of halogens is 1. The fraction of sp³-hybridized carbons (Fsp3) is 0.300. The smallest absolute Gasteiger partial charge is 0.188 e. The van der Waals surface area contributed by atoms with Crippen LogP contribution in [0.2, 0.25) is 0 Å². The summed E-state index contributed by atoms with van der Waals surface area (Å²) < 4.78 is 11.4. The molecular weight excluding hydrogens is 426 g/mol. The second-order valence-corrected chi connectivity index (χ2v) is 7.57. The molecule has 1 heterocycles. The third-order valence-electron chi connectivity index (χ3n) is 4.50. The first-order valence-electron chi connectivity index (χ1n) is 8.70. The van der Waals surface area contributed by atoms with Gasteiger partial charge < -0.3 is 19.7 Å². The molecular formula is C20H22BrN3O2S. The maximum atomic E-state index is 8.96. The molecule has 0 aliphatic carbocycles. The van der Waals surface area contributed by atoms with Crippen LogP contribution in [-0.4, -0.2) is 36.3 Å². The molecule has 1 aliphatic rings. The van der Waals surface area contributed by atoms with E-state index in [0.717, 1.165) is 22.0 Å². The van der Waals surface area contributed by atoms with Gasteiger partial charge in [0.25, 0.3) is 0 Å². The number of nitrogens with zero attached hydrogens (tertiary/aromatic N) is 1. The van der Waals surface area contributed by atoms with Crippen LogP contribution in [0.4, 0.5) is 0 Å². The molecule has 3 rings (SSSR count). The molecule has 1 unspecified atom stereocenters. The highest BCUT2D eigenvalue weighted by Crippen LogP contribution is 2.38. The van der Waals surface area contributed by atoms with Gasteiger partial charge >= 0.3 is 0 Å². The van der Waals surface area contributed by atoms with Gasteiger partial charge in [0.1, 0.15) is 17.1 Å². The maximum absolute atomic E-state index is 8.96. The van der Waals surface area contributed by atoms with Gasteiger partial charge in [-0.2, -0.15) is 0 Å². The Hall–Kier alpha value is -1.96. The van der Waals surface area contributed by atoms with E-state index in [0.29, 0.717) is 23.2 Å². The van der Waals surface area contributed by atoms with Crippen molar-refractivity contribution in [2.45, 2.75) is 18.9 Å². The second kappa shape index (κ2) is 8.37. The fourth-order valence-corrected chi connectivity index (χ4v) is 4.00. The number of rotatable bonds is 7. The van der Waals surface area contributed by atoms with Gasteiger partial charge in [0.05, 0.1) is 0 Å². The van der Waals surface area contributed by atoms with Crippen LogP contribution in [0, 0.1) is 5.41 Å². The van der Waals surface area contributed by atoms with Crippen molar-refractivity contribution in [3.05, 3.63) is 64.1 Å². The Morgan fingerprint density at radius 2 is 1.93 bits per heavy atom. The van der Waals surface area contributed by atoms with Crippen LogP contribution < -0.4 is 10.1 Å². The number of ether oxygens (including phenoxy) is 2. The van der Waals surface area contributed by atoms with Crippen molar-refractivity contribution >= 4 is 39.1 Å². The highest BCUT2D eigenvalue weighted by Gasteiger charge is 2.48. The van der Waals surface area contributed by atoms with Crippen molar-refractivity contribution in [3.63, 3.8) is 0 Å². The molecule has 5 nitrogen and oxygen atoms in total. The topological polar surface area (TPSA) is 57.6 Å². The van der Waals surface area contributed by atoms with Crippen molar-refractivity contribution < 1.29 is 9.47 Å². The number of thiocarbonyl (C=S) groups is 1. The molecule has 2 aromatic carbocycles. The third kappa shape index (κ3) is 3.72. The Morgan fingerprint density at radius 1 is 1.19 bits per heavy atom. The first kappa shape index (κ1) is 19.8. The van der Waals surface area contributed by atoms with Crippen LogP contribution in [0.1, 0.15) is 24.5 Å². The van der Waals surface area contributed by atoms with E-state index in [4.69, 9.17) is 27.1 Å². The van der Waals surface area contributed by atoms with Crippen molar-refractivity contribution in [2.24, 2.45) is 0 Å². The zero-order chi connectivity index (χ0) is 19.4. The standard InChI is InChI=1S/C20H22BrN3O2S/c1-3-11-24-18(22)20(23-19(24)27,15-5-4-6-16(21)12-15)14-7-9-17(10-8-14)26-13-25-2/h4-10,12,22H,3,11,13H2,1-2H3,(H,23,27). The summed E-state index contributed by atoms with van der Waals surface area (Å²) in [6.07, 6.45) is 0.905. The lowest BCUT2D eigenvalue weighted by molar-refractivity contribution is 0.0511. The van der Waals surface area contributed by atoms with E-state index < -0.39 is 5.54 Å². The number of hydrogen-bond acceptors (Lipinski definition) is 4. The zero-order valence-electron chi connectivity index (χ0n) is 15.3. The average Bonchev–Trinajstić information content (AvgIpc) is 2.93. The highest BCUT2D eigenvalue weighted by molar-refractivity contribution is 9.10. The quantitative estimate of drug-likeness (QED) is 0.490. The van der Waals surface area contributed by atoms with Gasteiger partial charge in [0.15, 0.2) is 11.9 Å². The molecule has 2 aromatic rings. The lowest BCUT2D eigenvalue weighted by Crippen LogP contribution is -2.44. The lowest BCUT2D eigenvalue weighted by atomic mass is 9.82. The normalized spacial score (nSPS) is 19.3. The molecule has 0 radical (unpaired) electrons. The molecule has 0 spiro atoms. The van der Waals surface area contributed by atoms with Crippen molar-refractivity contribution in [2.75, 3.05) is 20.4 Å². The lowest BCUT2D eigenvalue weighted by Gasteiger charge is -2.31. The number of amidine groups is 1. The van der Waals surface area contributed by atoms with Gasteiger partial charge in [-0.1, -0.05) is 47.1 Å². The molecule has 0 aromatic heterocycles. The monoisotopic (exact) mass is 447 g/mol. The number of methoxy groups -OCH3 is 1. The number of nitrogens with one attached hydrogen (secondary N) is 2. The van der Waals surface area contributed by atoms with Gasteiger partial charge in [0, 0.05) is 18.1 Å². The van der Waals surface area contributed by atoms with Crippen LogP contribution in [0.15, 0.2) is 53.0 Å². The average molecular weight is 448 g/mol. The molecule has 27 heavy (non-hydrogen) atoms. The number of hydrogen-bond donors (Lipinski definition) is 2. The van der Waals surface area contributed by atoms with Crippen LogP contribution in [0.3, 0.4) is 0 Å². The van der Waals surface area contributed by atoms with Gasteiger partial charge in [-0.05, 0) is 54.0 Å². The van der Waals surface area contributed by atoms with E-state index in [2.05, 4.69) is 28.2 Å². The van der Waals surface area contributed by atoms with Gasteiger partial charge in [-0.15, -0.1) is 0 Å². The Bertz CT molecular complexity index is 843. The summed E-state index contributed by atoms with van der Waals surface area (Å²) >= 11 is 9.12. The summed E-state index contributed by atoms with van der Waals surface area (Å²) in [5, 5.41) is 13.0. The first-order chi connectivity index (χ1) is 13.0. The highest BCUT2D eigenvalue weighted by atomic mass is 79.9. The van der Waals surface area contributed by atoms with Gasteiger partial charge in [0.2, 0.25) is 0 Å². The van der Waals surface area contributed by atoms with E-state index in [-0.39, 0.29) is 6.79 Å². The molecule has 7 heteroatoms. The minimum Gasteiger partial charge on any atom is -0.468 e. The van der Waals surface area contributed by atoms with Crippen molar-refractivity contribution in [3.8, 4) is 5.75 Å². The summed E-state index contributed by atoms with van der Waals surface area (Å²) in [5.74, 6) is 1.14. The Balaban J connectivity index is 2.09.